The average Bonchev–Trinajstić information content (AvgIpc) is 2.97. The van der Waals surface area contributed by atoms with Crippen LogP contribution in [-0.4, -0.2) is 24.9 Å². The molecule has 0 unspecified atom stereocenters. The molecule has 7 aromatic rings. The van der Waals surface area contributed by atoms with Crippen LogP contribution in [0.3, 0.4) is 0 Å². The van der Waals surface area contributed by atoms with Gasteiger partial charge in [-0.2, -0.15) is 0 Å². The molecule has 5 nitrogen and oxygen atoms in total. The second kappa shape index (κ2) is 8.32. The Balaban J connectivity index is 1.59. The minimum absolute atomic E-state index is 0.501. The monoisotopic (exact) mass is 461 g/mol. The van der Waals surface area contributed by atoms with Gasteiger partial charge in [-0.3, -0.25) is 4.98 Å². The Labute approximate surface area is 207 Å². The second-order valence-electron chi connectivity index (χ2n) is 8.58. The molecular weight excluding hydrogens is 442 g/mol. The first-order valence-corrected chi connectivity index (χ1v) is 11.8. The molecule has 0 bridgehead atoms. The zero-order chi connectivity index (χ0) is 23.9. The van der Waals surface area contributed by atoms with Crippen molar-refractivity contribution < 1.29 is 0 Å². The first-order chi connectivity index (χ1) is 17.8. The normalized spacial score (nSPS) is 11.3. The lowest BCUT2D eigenvalue weighted by Gasteiger charge is -2.12. The summed E-state index contributed by atoms with van der Waals surface area (Å²) in [6, 6.07) is 36.4. The number of fused-ring (bicyclic) bond motifs is 5. The number of pyridine rings is 2. The smallest absolute Gasteiger partial charge is 0.184 e. The van der Waals surface area contributed by atoms with Crippen LogP contribution in [0.2, 0.25) is 0 Å². The van der Waals surface area contributed by atoms with Crippen molar-refractivity contribution in [2.75, 3.05) is 0 Å². The van der Waals surface area contributed by atoms with E-state index in [1.165, 1.54) is 0 Å². The van der Waals surface area contributed by atoms with Gasteiger partial charge in [-0.15, -0.1) is 0 Å². The molecule has 0 fully saturated rings. The maximum Gasteiger partial charge on any atom is 0.184 e. The van der Waals surface area contributed by atoms with Crippen molar-refractivity contribution in [3.63, 3.8) is 0 Å². The van der Waals surface area contributed by atoms with Gasteiger partial charge >= 0.3 is 0 Å². The highest BCUT2D eigenvalue weighted by molar-refractivity contribution is 6.20. The van der Waals surface area contributed by atoms with E-state index < -0.39 is 0 Å². The van der Waals surface area contributed by atoms with Gasteiger partial charge in [-0.25, -0.2) is 19.9 Å². The summed E-state index contributed by atoms with van der Waals surface area (Å²) in [6.45, 7) is 0. The molecule has 5 heteroatoms. The van der Waals surface area contributed by atoms with Crippen LogP contribution in [0.15, 0.2) is 115 Å². The van der Waals surface area contributed by atoms with Crippen LogP contribution in [-0.2, 0) is 0 Å². The van der Waals surface area contributed by atoms with Crippen molar-refractivity contribution in [2.24, 2.45) is 0 Å². The molecule has 168 valence electrons. The molecule has 7 rings (SSSR count). The molecule has 3 heterocycles. The Bertz CT molecular complexity index is 1810. The number of nitrogens with zero attached hydrogens (tertiary/aromatic N) is 5. The third-order valence-corrected chi connectivity index (χ3v) is 6.34. The number of hydrogen-bond acceptors (Lipinski definition) is 5. The summed E-state index contributed by atoms with van der Waals surface area (Å²) in [5.74, 6) is 1.70. The minimum Gasteiger partial charge on any atom is -0.253 e. The van der Waals surface area contributed by atoms with Crippen LogP contribution in [0.4, 0.5) is 0 Å². The lowest BCUT2D eigenvalue weighted by molar-refractivity contribution is 1.06. The summed E-state index contributed by atoms with van der Waals surface area (Å²) in [7, 11) is 0. The molecule has 0 aliphatic rings. The van der Waals surface area contributed by atoms with E-state index in [1.54, 1.807) is 0 Å². The number of benzene rings is 4. The van der Waals surface area contributed by atoms with Crippen LogP contribution in [0.25, 0.3) is 66.9 Å². The highest BCUT2D eigenvalue weighted by Gasteiger charge is 2.19. The largest absolute Gasteiger partial charge is 0.253 e. The fraction of sp³-hybridized carbons (Fsp3) is 0. The fourth-order valence-corrected chi connectivity index (χ4v) is 4.64. The van der Waals surface area contributed by atoms with Gasteiger partial charge in [-0.1, -0.05) is 103 Å². The van der Waals surface area contributed by atoms with Gasteiger partial charge < -0.3 is 0 Å². The third-order valence-electron chi connectivity index (χ3n) is 6.34. The maximum absolute atomic E-state index is 5.03. The molecule has 0 atom stereocenters. The minimum atomic E-state index is 0.501. The van der Waals surface area contributed by atoms with Crippen LogP contribution >= 0.6 is 0 Å². The van der Waals surface area contributed by atoms with Gasteiger partial charge in [0.2, 0.25) is 0 Å². The summed E-state index contributed by atoms with van der Waals surface area (Å²) in [4.78, 5) is 24.6. The van der Waals surface area contributed by atoms with E-state index in [0.717, 1.165) is 43.7 Å². The first kappa shape index (κ1) is 20.4. The quantitative estimate of drug-likeness (QED) is 0.262. The molecule has 0 saturated carbocycles. The fourth-order valence-electron chi connectivity index (χ4n) is 4.64. The second-order valence-corrected chi connectivity index (χ2v) is 8.58. The molecule has 36 heavy (non-hydrogen) atoms. The highest BCUT2D eigenvalue weighted by Crippen LogP contribution is 2.35. The number of hydrogen-bond donors (Lipinski definition) is 0. The van der Waals surface area contributed by atoms with E-state index >= 15 is 0 Å². The zero-order valence-corrected chi connectivity index (χ0v) is 19.2. The first-order valence-electron chi connectivity index (χ1n) is 11.8. The van der Waals surface area contributed by atoms with Crippen molar-refractivity contribution in [3.05, 3.63) is 115 Å². The predicted molar refractivity (Wildman–Crippen MR) is 144 cm³/mol. The summed E-state index contributed by atoms with van der Waals surface area (Å²) < 4.78 is 0. The predicted octanol–water partition coefficient (Wildman–Crippen LogP) is 7.12. The van der Waals surface area contributed by atoms with Crippen LogP contribution in [0.5, 0.6) is 0 Å². The molecule has 0 amide bonds. The van der Waals surface area contributed by atoms with Gasteiger partial charge in [-0.05, 0) is 11.5 Å². The summed E-state index contributed by atoms with van der Waals surface area (Å²) in [5.41, 5.74) is 4.13. The number of para-hydroxylation sites is 1. The molecule has 0 aliphatic heterocycles. The lowest BCUT2D eigenvalue weighted by Crippen LogP contribution is -2.02. The molecule has 0 saturated heterocycles. The van der Waals surface area contributed by atoms with Gasteiger partial charge in [0.25, 0.3) is 0 Å². The summed E-state index contributed by atoms with van der Waals surface area (Å²) in [5, 5.41) is 4.32. The molecule has 0 aliphatic carbocycles. The Morgan fingerprint density at radius 3 is 1.69 bits per heavy atom. The molecule has 3 aromatic heterocycles. The van der Waals surface area contributed by atoms with Gasteiger partial charge in [0, 0.05) is 33.5 Å². The zero-order valence-electron chi connectivity index (χ0n) is 19.2. The average molecular weight is 462 g/mol. The van der Waals surface area contributed by atoms with E-state index in [1.807, 2.05) is 91.1 Å². The van der Waals surface area contributed by atoms with E-state index in [9.17, 15) is 0 Å². The summed E-state index contributed by atoms with van der Waals surface area (Å²) >= 11 is 0. The Kier molecular flexibility index (Phi) is 4.71. The van der Waals surface area contributed by atoms with Crippen LogP contribution in [0.1, 0.15) is 0 Å². The van der Waals surface area contributed by atoms with E-state index in [2.05, 4.69) is 24.3 Å². The van der Waals surface area contributed by atoms with E-state index in [4.69, 9.17) is 24.9 Å². The van der Waals surface area contributed by atoms with Crippen molar-refractivity contribution in [2.45, 2.75) is 0 Å². The summed E-state index contributed by atoms with van der Waals surface area (Å²) in [6.07, 6.45) is 1.90. The topological polar surface area (TPSA) is 64.5 Å². The SMILES string of the molecule is c1ccc(-c2nc(-c3ccccc3)nc(-c3nc4ccccc4c4c3ncc3ccccc34)n2)cc1. The highest BCUT2D eigenvalue weighted by atomic mass is 15.0. The molecule has 0 radical (unpaired) electrons. The Morgan fingerprint density at radius 1 is 0.444 bits per heavy atom. The molecule has 0 N–H and O–H groups in total. The van der Waals surface area contributed by atoms with Crippen LogP contribution in [0, 0.1) is 0 Å². The van der Waals surface area contributed by atoms with Crippen molar-refractivity contribution >= 4 is 32.6 Å². The van der Waals surface area contributed by atoms with Gasteiger partial charge in [0.1, 0.15) is 11.2 Å². The van der Waals surface area contributed by atoms with Crippen molar-refractivity contribution in [1.82, 2.24) is 24.9 Å². The van der Waals surface area contributed by atoms with Crippen LogP contribution < -0.4 is 0 Å². The van der Waals surface area contributed by atoms with E-state index in [0.29, 0.717) is 23.2 Å². The standard InChI is InChI=1S/C31H19N5/c1-3-11-20(12-4-1)29-34-30(21-13-5-2-6-14-21)36-31(35-29)28-27-26(24-17-9-10-18-25(24)33-28)23-16-8-7-15-22(23)19-32-27/h1-19H. The maximum atomic E-state index is 5.03. The lowest BCUT2D eigenvalue weighted by atomic mass is 10.0. The van der Waals surface area contributed by atoms with Gasteiger partial charge in [0.15, 0.2) is 17.5 Å². The molecule has 0 spiro atoms. The Morgan fingerprint density at radius 2 is 1.00 bits per heavy atom. The third kappa shape index (κ3) is 3.37. The van der Waals surface area contributed by atoms with Crippen molar-refractivity contribution in [1.29, 1.82) is 0 Å². The number of rotatable bonds is 3. The van der Waals surface area contributed by atoms with E-state index in [-0.39, 0.29) is 0 Å². The molecule has 4 aromatic carbocycles. The Hall–Kier alpha value is -5.03. The van der Waals surface area contributed by atoms with Gasteiger partial charge in [0.05, 0.1) is 5.52 Å². The van der Waals surface area contributed by atoms with Crippen molar-refractivity contribution in [3.8, 4) is 34.3 Å². The molecular formula is C31H19N5. The number of aromatic nitrogens is 5.